The number of aliphatic carboxylic acids is 1. The summed E-state index contributed by atoms with van der Waals surface area (Å²) >= 11 is 0. The lowest BCUT2D eigenvalue weighted by Crippen LogP contribution is -2.29. The van der Waals surface area contributed by atoms with Gasteiger partial charge >= 0.3 is 5.97 Å². The van der Waals surface area contributed by atoms with Crippen LogP contribution < -0.4 is 10.5 Å². The topological polar surface area (TPSA) is 109 Å². The zero-order chi connectivity index (χ0) is 11.5. The molecular weight excluding hydrogens is 256 g/mol. The van der Waals surface area contributed by atoms with E-state index < -0.39 is 22.5 Å². The van der Waals surface area contributed by atoms with Crippen LogP contribution in [0.15, 0.2) is 29.2 Å². The maximum atomic E-state index is 11.4. The lowest BCUT2D eigenvalue weighted by atomic mass is 10.3. The van der Waals surface area contributed by atoms with Gasteiger partial charge in [-0.3, -0.25) is 4.79 Å². The monoisotopic (exact) mass is 266 g/mol. The molecule has 1 rings (SSSR count). The highest BCUT2D eigenvalue weighted by molar-refractivity contribution is 7.89. The van der Waals surface area contributed by atoms with Crippen LogP contribution in [0, 0.1) is 0 Å². The van der Waals surface area contributed by atoms with E-state index in [1.54, 1.807) is 0 Å². The molecule has 0 aliphatic carbocycles. The van der Waals surface area contributed by atoms with Gasteiger partial charge in [-0.1, -0.05) is 0 Å². The van der Waals surface area contributed by atoms with Crippen LogP contribution in [0.4, 0.5) is 5.69 Å². The summed E-state index contributed by atoms with van der Waals surface area (Å²) < 4.78 is 24.8. The number of halogens is 1. The molecule has 1 aromatic carbocycles. The fraction of sp³-hybridized carbons (Fsp3) is 0.125. The van der Waals surface area contributed by atoms with E-state index in [0.29, 0.717) is 5.69 Å². The zero-order valence-corrected chi connectivity index (χ0v) is 9.72. The Balaban J connectivity index is 0.00000225. The highest BCUT2D eigenvalue weighted by Crippen LogP contribution is 2.10. The van der Waals surface area contributed by atoms with Crippen molar-refractivity contribution in [3.05, 3.63) is 24.3 Å². The van der Waals surface area contributed by atoms with Crippen LogP contribution in [0.2, 0.25) is 0 Å². The molecule has 0 aliphatic heterocycles. The van der Waals surface area contributed by atoms with Crippen LogP contribution in [-0.2, 0) is 14.8 Å². The lowest BCUT2D eigenvalue weighted by molar-refractivity contribution is -0.135. The predicted octanol–water partition coefficient (Wildman–Crippen LogP) is 0.0535. The second kappa shape index (κ2) is 5.69. The molecule has 0 aliphatic rings. The molecule has 6 nitrogen and oxygen atoms in total. The van der Waals surface area contributed by atoms with Gasteiger partial charge in [0.05, 0.1) is 4.90 Å². The second-order valence-corrected chi connectivity index (χ2v) is 4.55. The molecule has 90 valence electrons. The number of carbonyl (C=O) groups is 1. The van der Waals surface area contributed by atoms with Crippen LogP contribution >= 0.6 is 12.4 Å². The Morgan fingerprint density at radius 2 is 1.81 bits per heavy atom. The number of nitrogens with one attached hydrogen (secondary N) is 1. The van der Waals surface area contributed by atoms with E-state index in [9.17, 15) is 13.2 Å². The number of rotatable bonds is 4. The number of carboxylic acid groups (broad SMARTS) is 1. The summed E-state index contributed by atoms with van der Waals surface area (Å²) in [6.45, 7) is -0.646. The van der Waals surface area contributed by atoms with Crippen molar-refractivity contribution in [2.24, 2.45) is 0 Å². The van der Waals surface area contributed by atoms with E-state index in [2.05, 4.69) is 0 Å². The molecule has 0 radical (unpaired) electrons. The summed E-state index contributed by atoms with van der Waals surface area (Å²) in [6, 6.07) is 5.46. The molecule has 8 heteroatoms. The first-order valence-corrected chi connectivity index (χ1v) is 5.47. The van der Waals surface area contributed by atoms with Gasteiger partial charge in [-0.25, -0.2) is 8.42 Å². The second-order valence-electron chi connectivity index (χ2n) is 2.79. The summed E-state index contributed by atoms with van der Waals surface area (Å²) in [5.41, 5.74) is 5.82. The van der Waals surface area contributed by atoms with Crippen molar-refractivity contribution in [1.82, 2.24) is 4.72 Å². The molecule has 0 heterocycles. The first-order chi connectivity index (χ1) is 6.92. The summed E-state index contributed by atoms with van der Waals surface area (Å²) in [7, 11) is -3.76. The number of carboxylic acids is 1. The number of nitrogen functional groups attached to an aromatic ring is 1. The molecule has 0 saturated heterocycles. The van der Waals surface area contributed by atoms with Gasteiger partial charge in [-0.05, 0) is 24.3 Å². The van der Waals surface area contributed by atoms with Crippen LogP contribution in [0.5, 0.6) is 0 Å². The number of sulfonamides is 1. The van der Waals surface area contributed by atoms with Gasteiger partial charge in [-0.15, -0.1) is 12.4 Å². The predicted molar refractivity (Wildman–Crippen MR) is 60.9 cm³/mol. The van der Waals surface area contributed by atoms with Gasteiger partial charge in [0.2, 0.25) is 10.0 Å². The van der Waals surface area contributed by atoms with Crippen LogP contribution in [0.1, 0.15) is 0 Å². The van der Waals surface area contributed by atoms with E-state index >= 15 is 0 Å². The minimum atomic E-state index is -3.76. The first-order valence-electron chi connectivity index (χ1n) is 3.99. The van der Waals surface area contributed by atoms with Gasteiger partial charge in [0.15, 0.2) is 0 Å². The molecule has 0 unspecified atom stereocenters. The third-order valence-corrected chi connectivity index (χ3v) is 3.02. The Morgan fingerprint density at radius 3 is 2.25 bits per heavy atom. The van der Waals surface area contributed by atoms with Crippen LogP contribution in [0.3, 0.4) is 0 Å². The Labute approximate surface area is 98.9 Å². The summed E-state index contributed by atoms with van der Waals surface area (Å²) in [5, 5.41) is 8.32. The molecule has 1 aromatic rings. The third kappa shape index (κ3) is 4.05. The molecular formula is C8H11ClN2O4S. The highest BCUT2D eigenvalue weighted by Gasteiger charge is 2.14. The fourth-order valence-corrected chi connectivity index (χ4v) is 1.86. The van der Waals surface area contributed by atoms with Crippen molar-refractivity contribution in [1.29, 1.82) is 0 Å². The van der Waals surface area contributed by atoms with Gasteiger partial charge in [-0.2, -0.15) is 4.72 Å². The van der Waals surface area contributed by atoms with Gasteiger partial charge in [0.1, 0.15) is 6.54 Å². The SMILES string of the molecule is Cl.Nc1ccc(S(=O)(=O)NCC(=O)O)cc1. The Bertz CT molecular complexity index is 457. The smallest absolute Gasteiger partial charge is 0.318 e. The van der Waals surface area contributed by atoms with Crippen LogP contribution in [0.25, 0.3) is 0 Å². The Hall–Kier alpha value is -1.31. The molecule has 0 amide bonds. The van der Waals surface area contributed by atoms with Crippen molar-refractivity contribution < 1.29 is 18.3 Å². The number of benzene rings is 1. The molecule has 0 atom stereocenters. The van der Waals surface area contributed by atoms with Crippen molar-refractivity contribution in [2.45, 2.75) is 4.90 Å². The third-order valence-electron chi connectivity index (χ3n) is 1.60. The average molecular weight is 267 g/mol. The van der Waals surface area contributed by atoms with Crippen molar-refractivity contribution >= 4 is 34.1 Å². The normalized spacial score (nSPS) is 10.5. The lowest BCUT2D eigenvalue weighted by Gasteiger charge is -2.04. The minimum Gasteiger partial charge on any atom is -0.480 e. The first kappa shape index (κ1) is 14.7. The summed E-state index contributed by atoms with van der Waals surface area (Å²) in [6.07, 6.45) is 0. The van der Waals surface area contributed by atoms with E-state index in [1.165, 1.54) is 24.3 Å². The zero-order valence-electron chi connectivity index (χ0n) is 8.08. The fourth-order valence-electron chi connectivity index (χ4n) is 0.887. The molecule has 16 heavy (non-hydrogen) atoms. The maximum absolute atomic E-state index is 11.4. The van der Waals surface area contributed by atoms with Crippen molar-refractivity contribution in [3.63, 3.8) is 0 Å². The number of anilines is 1. The standard InChI is InChI=1S/C8H10N2O4S.ClH/c9-6-1-3-7(4-2-6)15(13,14)10-5-8(11)12;/h1-4,10H,5,9H2,(H,11,12);1H. The summed E-state index contributed by atoms with van der Waals surface area (Å²) in [4.78, 5) is 10.2. The summed E-state index contributed by atoms with van der Waals surface area (Å²) in [5.74, 6) is -1.24. The van der Waals surface area contributed by atoms with E-state index in [1.807, 2.05) is 4.72 Å². The highest BCUT2D eigenvalue weighted by atomic mass is 35.5. The number of hydrogen-bond acceptors (Lipinski definition) is 4. The van der Waals surface area contributed by atoms with E-state index in [4.69, 9.17) is 10.8 Å². The Kier molecular flexibility index (Phi) is 5.22. The number of hydrogen-bond donors (Lipinski definition) is 3. The van der Waals surface area contributed by atoms with Gasteiger partial charge < -0.3 is 10.8 Å². The quantitative estimate of drug-likeness (QED) is 0.667. The van der Waals surface area contributed by atoms with E-state index in [-0.39, 0.29) is 17.3 Å². The Morgan fingerprint density at radius 1 is 1.31 bits per heavy atom. The molecule has 0 spiro atoms. The maximum Gasteiger partial charge on any atom is 0.318 e. The molecule has 0 fully saturated rings. The molecule has 0 aromatic heterocycles. The average Bonchev–Trinajstić information content (AvgIpc) is 2.16. The molecule has 4 N–H and O–H groups in total. The van der Waals surface area contributed by atoms with Crippen molar-refractivity contribution in [2.75, 3.05) is 12.3 Å². The molecule has 0 bridgehead atoms. The molecule has 0 saturated carbocycles. The number of nitrogens with two attached hydrogens (primary N) is 1. The van der Waals surface area contributed by atoms with Gasteiger partial charge in [0.25, 0.3) is 0 Å². The van der Waals surface area contributed by atoms with E-state index in [0.717, 1.165) is 0 Å². The largest absolute Gasteiger partial charge is 0.480 e. The van der Waals surface area contributed by atoms with Crippen LogP contribution in [-0.4, -0.2) is 26.0 Å². The van der Waals surface area contributed by atoms with Gasteiger partial charge in [0, 0.05) is 5.69 Å². The van der Waals surface area contributed by atoms with Crippen molar-refractivity contribution in [3.8, 4) is 0 Å². The minimum absolute atomic E-state index is 0.